The number of rotatable bonds is 1. The average molecular weight is 278 g/mol. The molecule has 3 aliphatic rings. The van der Waals surface area contributed by atoms with E-state index in [1.54, 1.807) is 0 Å². The number of fused-ring (bicyclic) bond motifs is 2. The fraction of sp³-hybridized carbons (Fsp3) is 0.917. The molecule has 0 aromatic rings. The van der Waals surface area contributed by atoms with Gasteiger partial charge in [-0.2, -0.15) is 13.2 Å². The van der Waals surface area contributed by atoms with Crippen LogP contribution >= 0.6 is 0 Å². The van der Waals surface area contributed by atoms with E-state index >= 15 is 0 Å². The van der Waals surface area contributed by atoms with E-state index in [1.165, 1.54) is 4.90 Å². The van der Waals surface area contributed by atoms with Gasteiger partial charge in [-0.1, -0.05) is 0 Å². The molecular weight excluding hydrogens is 261 g/mol. The van der Waals surface area contributed by atoms with Crippen LogP contribution in [-0.4, -0.2) is 55.4 Å². The summed E-state index contributed by atoms with van der Waals surface area (Å²) in [5.74, 6) is -0.773. The molecule has 3 atom stereocenters. The lowest BCUT2D eigenvalue weighted by Crippen LogP contribution is -2.57. The van der Waals surface area contributed by atoms with Gasteiger partial charge in [0.15, 0.2) is 5.41 Å². The topological polar surface area (TPSA) is 41.6 Å². The van der Waals surface area contributed by atoms with E-state index in [0.717, 1.165) is 12.8 Å². The molecule has 0 radical (unpaired) electrons. The average Bonchev–Trinajstić information content (AvgIpc) is 2.95. The Morgan fingerprint density at radius 3 is 2.37 bits per heavy atom. The largest absolute Gasteiger partial charge is 0.404 e. The number of nitrogens with one attached hydrogen (secondary N) is 1. The van der Waals surface area contributed by atoms with Gasteiger partial charge in [-0.3, -0.25) is 4.79 Å². The molecular formula is C12H17F3N2O2. The van der Waals surface area contributed by atoms with Crippen molar-refractivity contribution < 1.29 is 22.7 Å². The van der Waals surface area contributed by atoms with Crippen LogP contribution in [0.1, 0.15) is 19.3 Å². The molecule has 2 bridgehead atoms. The van der Waals surface area contributed by atoms with Crippen molar-refractivity contribution in [3.8, 4) is 0 Å². The Morgan fingerprint density at radius 2 is 1.89 bits per heavy atom. The number of carbonyl (C=O) groups is 1. The van der Waals surface area contributed by atoms with Crippen LogP contribution < -0.4 is 5.32 Å². The summed E-state index contributed by atoms with van der Waals surface area (Å²) >= 11 is 0. The van der Waals surface area contributed by atoms with Crippen LogP contribution in [0.5, 0.6) is 0 Å². The lowest BCUT2D eigenvalue weighted by atomic mass is 9.84. The highest BCUT2D eigenvalue weighted by atomic mass is 19.4. The molecule has 0 saturated carbocycles. The SMILES string of the molecule is O=C(N1CC2CCC(C1)O2)C1(C(F)(F)F)CCNC1. The second-order valence-corrected chi connectivity index (χ2v) is 5.67. The molecule has 0 aromatic carbocycles. The highest BCUT2D eigenvalue weighted by Crippen LogP contribution is 2.45. The van der Waals surface area contributed by atoms with Crippen LogP contribution in [0, 0.1) is 5.41 Å². The number of hydrogen-bond acceptors (Lipinski definition) is 3. The van der Waals surface area contributed by atoms with Crippen molar-refractivity contribution in [2.75, 3.05) is 26.2 Å². The Kier molecular flexibility index (Phi) is 3.01. The summed E-state index contributed by atoms with van der Waals surface area (Å²) in [7, 11) is 0. The molecule has 1 N–H and O–H groups in total. The zero-order chi connectivity index (χ0) is 13.7. The van der Waals surface area contributed by atoms with Gasteiger partial charge in [0.2, 0.25) is 5.91 Å². The van der Waals surface area contributed by atoms with Crippen LogP contribution in [0.25, 0.3) is 0 Å². The highest BCUT2D eigenvalue weighted by molar-refractivity contribution is 5.84. The first kappa shape index (κ1) is 13.2. The number of likely N-dealkylation sites (tertiary alicyclic amines) is 1. The van der Waals surface area contributed by atoms with Gasteiger partial charge in [-0.15, -0.1) is 0 Å². The number of ether oxygens (including phenoxy) is 1. The summed E-state index contributed by atoms with van der Waals surface area (Å²) in [5, 5.41) is 2.68. The van der Waals surface area contributed by atoms with E-state index in [4.69, 9.17) is 4.74 Å². The van der Waals surface area contributed by atoms with E-state index in [-0.39, 0.29) is 31.7 Å². The molecule has 3 heterocycles. The molecule has 1 amide bonds. The van der Waals surface area contributed by atoms with Crippen LogP contribution in [0.15, 0.2) is 0 Å². The van der Waals surface area contributed by atoms with Gasteiger partial charge < -0.3 is 15.0 Å². The predicted molar refractivity (Wildman–Crippen MR) is 60.4 cm³/mol. The molecule has 19 heavy (non-hydrogen) atoms. The zero-order valence-corrected chi connectivity index (χ0v) is 10.5. The van der Waals surface area contributed by atoms with Crippen molar-refractivity contribution in [3.63, 3.8) is 0 Å². The molecule has 3 rings (SSSR count). The zero-order valence-electron chi connectivity index (χ0n) is 10.5. The molecule has 0 aliphatic carbocycles. The predicted octanol–water partition coefficient (Wildman–Crippen LogP) is 0.918. The normalized spacial score (nSPS) is 38.8. The Labute approximate surface area is 109 Å². The quantitative estimate of drug-likeness (QED) is 0.775. The molecule has 3 fully saturated rings. The maximum atomic E-state index is 13.3. The lowest BCUT2D eigenvalue weighted by Gasteiger charge is -2.39. The first-order chi connectivity index (χ1) is 8.92. The molecule has 3 unspecified atom stereocenters. The van der Waals surface area contributed by atoms with Crippen molar-refractivity contribution in [2.45, 2.75) is 37.6 Å². The first-order valence-corrected chi connectivity index (χ1v) is 6.65. The van der Waals surface area contributed by atoms with Gasteiger partial charge in [0, 0.05) is 19.6 Å². The van der Waals surface area contributed by atoms with Crippen LogP contribution in [-0.2, 0) is 9.53 Å². The smallest absolute Gasteiger partial charge is 0.371 e. The van der Waals surface area contributed by atoms with Crippen LogP contribution in [0.4, 0.5) is 13.2 Å². The first-order valence-electron chi connectivity index (χ1n) is 6.65. The number of alkyl halides is 3. The Hall–Kier alpha value is -0.820. The molecule has 4 nitrogen and oxygen atoms in total. The minimum atomic E-state index is -4.50. The molecule has 0 aromatic heterocycles. The lowest BCUT2D eigenvalue weighted by molar-refractivity contribution is -0.224. The molecule has 7 heteroatoms. The second-order valence-electron chi connectivity index (χ2n) is 5.67. The Morgan fingerprint density at radius 1 is 1.26 bits per heavy atom. The van der Waals surface area contributed by atoms with E-state index in [9.17, 15) is 18.0 Å². The second kappa shape index (κ2) is 4.34. The highest BCUT2D eigenvalue weighted by Gasteiger charge is 2.63. The van der Waals surface area contributed by atoms with Crippen molar-refractivity contribution in [1.82, 2.24) is 10.2 Å². The minimum Gasteiger partial charge on any atom is -0.371 e. The van der Waals surface area contributed by atoms with Crippen molar-refractivity contribution >= 4 is 5.91 Å². The summed E-state index contributed by atoms with van der Waals surface area (Å²) in [5.41, 5.74) is -2.23. The number of morpholine rings is 1. The number of halogens is 3. The van der Waals surface area contributed by atoms with Gasteiger partial charge in [0.1, 0.15) is 0 Å². The maximum absolute atomic E-state index is 13.3. The van der Waals surface area contributed by atoms with Gasteiger partial charge in [0.25, 0.3) is 0 Å². The van der Waals surface area contributed by atoms with Crippen LogP contribution in [0.3, 0.4) is 0 Å². The third-order valence-corrected chi connectivity index (χ3v) is 4.44. The van der Waals surface area contributed by atoms with Crippen molar-refractivity contribution in [1.29, 1.82) is 0 Å². The summed E-state index contributed by atoms with van der Waals surface area (Å²) in [4.78, 5) is 13.8. The van der Waals surface area contributed by atoms with Crippen LogP contribution in [0.2, 0.25) is 0 Å². The molecule has 0 spiro atoms. The molecule has 3 aliphatic heterocycles. The summed E-state index contributed by atoms with van der Waals surface area (Å²) in [6, 6.07) is 0. The van der Waals surface area contributed by atoms with E-state index in [0.29, 0.717) is 13.1 Å². The van der Waals surface area contributed by atoms with Gasteiger partial charge >= 0.3 is 6.18 Å². The van der Waals surface area contributed by atoms with Crippen molar-refractivity contribution in [3.05, 3.63) is 0 Å². The summed E-state index contributed by atoms with van der Waals surface area (Å²) in [6.45, 7) is 0.533. The number of amides is 1. The van der Waals surface area contributed by atoms with E-state index in [1.807, 2.05) is 0 Å². The van der Waals surface area contributed by atoms with E-state index in [2.05, 4.69) is 5.32 Å². The fourth-order valence-electron chi connectivity index (χ4n) is 3.32. The summed E-state index contributed by atoms with van der Waals surface area (Å²) < 4.78 is 45.5. The van der Waals surface area contributed by atoms with Crippen molar-refractivity contribution in [2.24, 2.45) is 5.41 Å². The Bertz CT molecular complexity index is 368. The number of carbonyl (C=O) groups excluding carboxylic acids is 1. The molecule has 108 valence electrons. The third kappa shape index (κ3) is 2.03. The number of hydrogen-bond donors (Lipinski definition) is 1. The third-order valence-electron chi connectivity index (χ3n) is 4.44. The van der Waals surface area contributed by atoms with Gasteiger partial charge in [-0.25, -0.2) is 0 Å². The minimum absolute atomic E-state index is 0.0812. The monoisotopic (exact) mass is 278 g/mol. The van der Waals surface area contributed by atoms with Gasteiger partial charge in [0.05, 0.1) is 12.2 Å². The Balaban J connectivity index is 1.81. The molecule has 3 saturated heterocycles. The number of nitrogens with zero attached hydrogens (tertiary/aromatic N) is 1. The van der Waals surface area contributed by atoms with Gasteiger partial charge in [-0.05, 0) is 25.8 Å². The maximum Gasteiger partial charge on any atom is 0.404 e. The standard InChI is InChI=1S/C12H17F3N2O2/c13-12(14,15)11(3-4-16-7-11)10(18)17-5-8-1-2-9(6-17)19-8/h8-9,16H,1-7H2. The summed E-state index contributed by atoms with van der Waals surface area (Å²) in [6.07, 6.45) is -3.14. The fourth-order valence-corrected chi connectivity index (χ4v) is 3.32. The van der Waals surface area contributed by atoms with E-state index < -0.39 is 17.5 Å².